The zero-order chi connectivity index (χ0) is 34.4. The number of fused-ring (bicyclic) bond motifs is 5. The van der Waals surface area contributed by atoms with E-state index < -0.39 is 0 Å². The van der Waals surface area contributed by atoms with E-state index in [4.69, 9.17) is 4.42 Å². The molecule has 0 aliphatic rings. The Balaban J connectivity index is 1.20. The lowest BCUT2D eigenvalue weighted by Crippen LogP contribution is -2.12. The van der Waals surface area contributed by atoms with Crippen molar-refractivity contribution in [1.82, 2.24) is 0 Å². The highest BCUT2D eigenvalue weighted by molar-refractivity contribution is 6.11. The molecule has 1 heterocycles. The number of furan rings is 1. The van der Waals surface area contributed by atoms with Crippen molar-refractivity contribution in [2.45, 2.75) is 0 Å². The van der Waals surface area contributed by atoms with Gasteiger partial charge in [0.15, 0.2) is 0 Å². The standard InChI is InChI=1S/C50H33NO/c1-2-14-35(15-3-1)43-23-8-10-26-47(43)51(40-21-12-20-38(30-40)42-25-13-19-34-16-6-7-22-41(34)42)48-27-11-9-24-44(48)39-28-29-49-45(32-39)46-31-36-17-4-5-18-37(36)33-50(46)52-49/h1-33H. The third kappa shape index (κ3) is 5.12. The van der Waals surface area contributed by atoms with Crippen LogP contribution in [0.15, 0.2) is 205 Å². The van der Waals surface area contributed by atoms with Gasteiger partial charge in [-0.05, 0) is 92.3 Å². The molecule has 2 heteroatoms. The molecule has 1 aromatic heterocycles. The molecule has 0 aliphatic heterocycles. The molecule has 0 saturated carbocycles. The molecule has 0 N–H and O–H groups in total. The van der Waals surface area contributed by atoms with Crippen molar-refractivity contribution in [2.75, 3.05) is 4.90 Å². The normalized spacial score (nSPS) is 11.5. The zero-order valence-electron chi connectivity index (χ0n) is 28.4. The second-order valence-corrected chi connectivity index (χ2v) is 13.3. The molecule has 9 aromatic carbocycles. The van der Waals surface area contributed by atoms with E-state index in [1.165, 1.54) is 38.2 Å². The van der Waals surface area contributed by atoms with E-state index in [0.717, 1.165) is 55.7 Å². The Kier molecular flexibility index (Phi) is 7.18. The molecule has 52 heavy (non-hydrogen) atoms. The molecule has 10 rings (SSSR count). The summed E-state index contributed by atoms with van der Waals surface area (Å²) >= 11 is 0. The van der Waals surface area contributed by atoms with Crippen LogP contribution in [0.4, 0.5) is 17.1 Å². The highest BCUT2D eigenvalue weighted by Gasteiger charge is 2.21. The third-order valence-electron chi connectivity index (χ3n) is 10.2. The lowest BCUT2D eigenvalue weighted by atomic mass is 9.96. The van der Waals surface area contributed by atoms with E-state index in [9.17, 15) is 0 Å². The lowest BCUT2D eigenvalue weighted by molar-refractivity contribution is 0.669. The van der Waals surface area contributed by atoms with Crippen LogP contribution in [-0.4, -0.2) is 0 Å². The van der Waals surface area contributed by atoms with Gasteiger partial charge in [-0.25, -0.2) is 0 Å². The Morgan fingerprint density at radius 1 is 0.308 bits per heavy atom. The Morgan fingerprint density at radius 2 is 0.865 bits per heavy atom. The molecule has 0 bridgehead atoms. The number of nitrogens with zero attached hydrogens (tertiary/aromatic N) is 1. The molecule has 0 spiro atoms. The molecule has 2 nitrogen and oxygen atoms in total. The summed E-state index contributed by atoms with van der Waals surface area (Å²) in [5.41, 5.74) is 12.1. The Hall–Kier alpha value is -6.90. The highest BCUT2D eigenvalue weighted by Crippen LogP contribution is 2.46. The van der Waals surface area contributed by atoms with Gasteiger partial charge in [0.2, 0.25) is 0 Å². The quantitative estimate of drug-likeness (QED) is 0.176. The first-order valence-electron chi connectivity index (χ1n) is 17.8. The predicted molar refractivity (Wildman–Crippen MR) is 220 cm³/mol. The summed E-state index contributed by atoms with van der Waals surface area (Å²) < 4.78 is 6.41. The minimum absolute atomic E-state index is 0.889. The van der Waals surface area contributed by atoms with E-state index in [1.54, 1.807) is 0 Å². The largest absolute Gasteiger partial charge is 0.456 e. The molecule has 0 amide bonds. The maximum Gasteiger partial charge on any atom is 0.136 e. The van der Waals surface area contributed by atoms with Crippen LogP contribution in [0.25, 0.3) is 76.9 Å². The van der Waals surface area contributed by atoms with Gasteiger partial charge in [-0.1, -0.05) is 152 Å². The van der Waals surface area contributed by atoms with Gasteiger partial charge < -0.3 is 9.32 Å². The monoisotopic (exact) mass is 663 g/mol. The van der Waals surface area contributed by atoms with Crippen molar-refractivity contribution in [3.63, 3.8) is 0 Å². The fourth-order valence-corrected chi connectivity index (χ4v) is 7.77. The van der Waals surface area contributed by atoms with Crippen LogP contribution in [0.3, 0.4) is 0 Å². The van der Waals surface area contributed by atoms with Crippen molar-refractivity contribution in [2.24, 2.45) is 0 Å². The second-order valence-electron chi connectivity index (χ2n) is 13.3. The van der Waals surface area contributed by atoms with Crippen LogP contribution in [-0.2, 0) is 0 Å². The topological polar surface area (TPSA) is 16.4 Å². The van der Waals surface area contributed by atoms with Crippen molar-refractivity contribution >= 4 is 60.5 Å². The predicted octanol–water partition coefficient (Wildman–Crippen LogP) is 14.4. The first-order chi connectivity index (χ1) is 25.8. The van der Waals surface area contributed by atoms with Crippen molar-refractivity contribution in [1.29, 1.82) is 0 Å². The van der Waals surface area contributed by atoms with E-state index in [1.807, 2.05) is 0 Å². The summed E-state index contributed by atoms with van der Waals surface area (Å²) in [6.45, 7) is 0. The van der Waals surface area contributed by atoms with E-state index in [2.05, 4.69) is 205 Å². The third-order valence-corrected chi connectivity index (χ3v) is 10.2. The summed E-state index contributed by atoms with van der Waals surface area (Å²) in [5.74, 6) is 0. The van der Waals surface area contributed by atoms with Gasteiger partial charge in [0.05, 0.1) is 11.4 Å². The van der Waals surface area contributed by atoms with Gasteiger partial charge >= 0.3 is 0 Å². The van der Waals surface area contributed by atoms with E-state index in [-0.39, 0.29) is 0 Å². The number of hydrogen-bond acceptors (Lipinski definition) is 2. The van der Waals surface area contributed by atoms with E-state index in [0.29, 0.717) is 0 Å². The summed E-state index contributed by atoms with van der Waals surface area (Å²) in [7, 11) is 0. The fourth-order valence-electron chi connectivity index (χ4n) is 7.77. The minimum Gasteiger partial charge on any atom is -0.456 e. The smallest absolute Gasteiger partial charge is 0.136 e. The van der Waals surface area contributed by atoms with Gasteiger partial charge in [-0.15, -0.1) is 0 Å². The number of para-hydroxylation sites is 2. The molecule has 0 unspecified atom stereocenters. The SMILES string of the molecule is c1ccc(-c2ccccc2N(c2cccc(-c3cccc4ccccc34)c2)c2ccccc2-c2ccc3oc4cc5ccccc5cc4c3c2)cc1. The van der Waals surface area contributed by atoms with Crippen LogP contribution in [0, 0.1) is 0 Å². The Labute approximate surface area is 302 Å². The van der Waals surface area contributed by atoms with Gasteiger partial charge in [0.1, 0.15) is 11.2 Å². The maximum absolute atomic E-state index is 6.41. The average Bonchev–Trinajstić information content (AvgIpc) is 3.57. The number of hydrogen-bond donors (Lipinski definition) is 0. The molecule has 0 aliphatic carbocycles. The van der Waals surface area contributed by atoms with Gasteiger partial charge in [0, 0.05) is 27.6 Å². The van der Waals surface area contributed by atoms with Crippen LogP contribution < -0.4 is 4.90 Å². The van der Waals surface area contributed by atoms with Crippen molar-refractivity contribution in [3.8, 4) is 33.4 Å². The first-order valence-corrected chi connectivity index (χ1v) is 17.8. The maximum atomic E-state index is 6.41. The summed E-state index contributed by atoms with van der Waals surface area (Å²) in [5, 5.41) is 7.10. The van der Waals surface area contributed by atoms with Crippen LogP contribution in [0.1, 0.15) is 0 Å². The van der Waals surface area contributed by atoms with Gasteiger partial charge in [-0.3, -0.25) is 0 Å². The van der Waals surface area contributed by atoms with Crippen molar-refractivity contribution in [3.05, 3.63) is 200 Å². The summed E-state index contributed by atoms with van der Waals surface area (Å²) in [4.78, 5) is 2.43. The lowest BCUT2D eigenvalue weighted by Gasteiger charge is -2.30. The molecule has 0 atom stereocenters. The fraction of sp³-hybridized carbons (Fsp3) is 0. The van der Waals surface area contributed by atoms with Gasteiger partial charge in [0.25, 0.3) is 0 Å². The molecule has 0 radical (unpaired) electrons. The summed E-state index contributed by atoms with van der Waals surface area (Å²) in [6, 6.07) is 71.8. The van der Waals surface area contributed by atoms with Crippen LogP contribution >= 0.6 is 0 Å². The van der Waals surface area contributed by atoms with Crippen molar-refractivity contribution < 1.29 is 4.42 Å². The summed E-state index contributed by atoms with van der Waals surface area (Å²) in [6.07, 6.45) is 0. The number of benzene rings is 9. The number of rotatable bonds is 6. The molecule has 10 aromatic rings. The highest BCUT2D eigenvalue weighted by atomic mass is 16.3. The molecule has 0 saturated heterocycles. The van der Waals surface area contributed by atoms with Crippen LogP contribution in [0.5, 0.6) is 0 Å². The molecular weight excluding hydrogens is 631 g/mol. The second kappa shape index (κ2) is 12.5. The van der Waals surface area contributed by atoms with E-state index >= 15 is 0 Å². The molecule has 244 valence electrons. The first kappa shape index (κ1) is 30.0. The minimum atomic E-state index is 0.889. The molecule has 0 fully saturated rings. The van der Waals surface area contributed by atoms with Crippen LogP contribution in [0.2, 0.25) is 0 Å². The van der Waals surface area contributed by atoms with Gasteiger partial charge in [-0.2, -0.15) is 0 Å². The molecular formula is C50H33NO. The Morgan fingerprint density at radius 3 is 1.67 bits per heavy atom. The average molecular weight is 664 g/mol. The Bertz CT molecular complexity index is 2910. The zero-order valence-corrected chi connectivity index (χ0v) is 28.4. The number of anilines is 3.